The summed E-state index contributed by atoms with van der Waals surface area (Å²) in [5, 5.41) is 4.27. The third kappa shape index (κ3) is 4.73. The Morgan fingerprint density at radius 2 is 1.62 bits per heavy atom. The van der Waals surface area contributed by atoms with Crippen LogP contribution in [0.2, 0.25) is 16.6 Å². The number of carbonyl (C=O) groups is 1. The van der Waals surface area contributed by atoms with Gasteiger partial charge in [-0.15, -0.1) is 5.54 Å². The van der Waals surface area contributed by atoms with E-state index in [1.165, 1.54) is 4.68 Å². The van der Waals surface area contributed by atoms with Crippen molar-refractivity contribution in [1.29, 1.82) is 0 Å². The first-order valence-corrected chi connectivity index (χ1v) is 11.0. The Hall–Kier alpha value is -1.54. The lowest BCUT2D eigenvalue weighted by molar-refractivity contribution is 0.0514. The van der Waals surface area contributed by atoms with E-state index in [-0.39, 0.29) is 0 Å². The van der Waals surface area contributed by atoms with Crippen LogP contribution in [0.1, 0.15) is 68.0 Å². The zero-order valence-corrected chi connectivity index (χ0v) is 17.6. The van der Waals surface area contributed by atoms with E-state index in [2.05, 4.69) is 58.1 Å². The predicted molar refractivity (Wildman–Crippen MR) is 102 cm³/mol. The van der Waals surface area contributed by atoms with Crippen molar-refractivity contribution in [3.05, 3.63) is 18.0 Å². The molecule has 0 bridgehead atoms. The van der Waals surface area contributed by atoms with Crippen LogP contribution in [0.25, 0.3) is 0 Å². The van der Waals surface area contributed by atoms with Crippen LogP contribution in [-0.4, -0.2) is 29.5 Å². The van der Waals surface area contributed by atoms with E-state index in [1.807, 2.05) is 20.8 Å². The summed E-state index contributed by atoms with van der Waals surface area (Å²) in [6.07, 6.45) is 1.14. The van der Waals surface area contributed by atoms with Crippen molar-refractivity contribution in [1.82, 2.24) is 9.78 Å². The second-order valence-electron chi connectivity index (χ2n) is 8.27. The molecule has 0 atom stereocenters. The SMILES string of the molecule is CC(C)[Si](C#Cc1ccn(C(=O)OC(C)(C)C)n1)(C(C)C)C(C)C. The van der Waals surface area contributed by atoms with Crippen LogP contribution in [0, 0.1) is 11.5 Å². The average Bonchev–Trinajstić information content (AvgIpc) is 2.85. The van der Waals surface area contributed by atoms with Gasteiger partial charge in [-0.05, 0) is 43.5 Å². The summed E-state index contributed by atoms with van der Waals surface area (Å²) < 4.78 is 6.54. The second-order valence-corrected chi connectivity index (χ2v) is 13.9. The Bertz CT molecular complexity index is 606. The van der Waals surface area contributed by atoms with Crippen LogP contribution in [0.4, 0.5) is 4.79 Å². The third-order valence-corrected chi connectivity index (χ3v) is 10.7. The van der Waals surface area contributed by atoms with E-state index >= 15 is 0 Å². The lowest BCUT2D eigenvalue weighted by Gasteiger charge is -2.37. The molecule has 0 aromatic carbocycles. The summed E-state index contributed by atoms with van der Waals surface area (Å²) in [5.74, 6) is 3.24. The molecule has 1 aromatic rings. The summed E-state index contributed by atoms with van der Waals surface area (Å²) in [7, 11) is -1.79. The van der Waals surface area contributed by atoms with Crippen molar-refractivity contribution in [3.63, 3.8) is 0 Å². The molecule has 1 heterocycles. The van der Waals surface area contributed by atoms with Crippen molar-refractivity contribution in [2.45, 2.75) is 84.5 Å². The fourth-order valence-corrected chi connectivity index (χ4v) is 8.62. The van der Waals surface area contributed by atoms with Gasteiger partial charge in [0.2, 0.25) is 0 Å². The molecule has 0 aliphatic heterocycles. The van der Waals surface area contributed by atoms with Gasteiger partial charge in [0, 0.05) is 6.20 Å². The Labute approximate surface area is 148 Å². The maximum atomic E-state index is 12.0. The van der Waals surface area contributed by atoms with Gasteiger partial charge in [-0.1, -0.05) is 47.5 Å². The third-order valence-electron chi connectivity index (χ3n) is 4.44. The standard InChI is InChI=1S/C19H32N2O2Si/c1-14(2)24(15(3)4,16(5)6)13-11-17-10-12-21(20-17)18(22)23-19(7,8)9/h10,12,14-16H,1-9H3. The van der Waals surface area contributed by atoms with E-state index in [0.29, 0.717) is 22.3 Å². The van der Waals surface area contributed by atoms with E-state index in [9.17, 15) is 4.79 Å². The molecule has 0 N–H and O–H groups in total. The second kappa shape index (κ2) is 7.56. The summed E-state index contributed by atoms with van der Waals surface area (Å²) in [5.41, 5.74) is 5.40. The Kier molecular flexibility index (Phi) is 6.46. The molecule has 0 amide bonds. The highest BCUT2D eigenvalue weighted by Gasteiger charge is 2.41. The fraction of sp³-hybridized carbons (Fsp3) is 0.684. The van der Waals surface area contributed by atoms with Crippen molar-refractivity contribution in [3.8, 4) is 11.5 Å². The molecule has 0 fully saturated rings. The Balaban J connectivity index is 3.10. The summed E-state index contributed by atoms with van der Waals surface area (Å²) >= 11 is 0. The number of aromatic nitrogens is 2. The summed E-state index contributed by atoms with van der Waals surface area (Å²) in [4.78, 5) is 12.0. The first-order valence-electron chi connectivity index (χ1n) is 8.72. The lowest BCUT2D eigenvalue weighted by atomic mass is 10.2. The van der Waals surface area contributed by atoms with E-state index in [4.69, 9.17) is 4.74 Å². The van der Waals surface area contributed by atoms with Gasteiger partial charge >= 0.3 is 6.09 Å². The number of rotatable bonds is 3. The van der Waals surface area contributed by atoms with E-state index in [0.717, 1.165) is 0 Å². The summed E-state index contributed by atoms with van der Waals surface area (Å²) in [6, 6.07) is 1.77. The van der Waals surface area contributed by atoms with Gasteiger partial charge in [-0.2, -0.15) is 9.78 Å². The predicted octanol–water partition coefficient (Wildman–Crippen LogP) is 5.24. The number of ether oxygens (including phenoxy) is 1. The van der Waals surface area contributed by atoms with Gasteiger partial charge in [0.1, 0.15) is 19.4 Å². The molecule has 0 radical (unpaired) electrons. The molecule has 0 saturated carbocycles. The topological polar surface area (TPSA) is 44.1 Å². The van der Waals surface area contributed by atoms with Crippen molar-refractivity contribution in [2.24, 2.45) is 0 Å². The van der Waals surface area contributed by atoms with Gasteiger partial charge in [-0.25, -0.2) is 4.79 Å². The van der Waals surface area contributed by atoms with Crippen LogP contribution in [0.5, 0.6) is 0 Å². The highest BCUT2D eigenvalue weighted by molar-refractivity contribution is 6.90. The van der Waals surface area contributed by atoms with Crippen LogP contribution in [-0.2, 0) is 4.74 Å². The number of carbonyl (C=O) groups excluding carboxylic acids is 1. The smallest absolute Gasteiger partial charge is 0.435 e. The number of hydrogen-bond donors (Lipinski definition) is 0. The van der Waals surface area contributed by atoms with Gasteiger partial charge in [-0.3, -0.25) is 0 Å². The maximum Gasteiger partial charge on any atom is 0.435 e. The molecule has 4 nitrogen and oxygen atoms in total. The molecule has 5 heteroatoms. The maximum absolute atomic E-state index is 12.0. The minimum Gasteiger partial charge on any atom is -0.442 e. The number of nitrogens with zero attached hydrogens (tertiary/aromatic N) is 2. The van der Waals surface area contributed by atoms with Crippen LogP contribution >= 0.6 is 0 Å². The minimum atomic E-state index is -1.79. The minimum absolute atomic E-state index is 0.476. The van der Waals surface area contributed by atoms with Gasteiger partial charge < -0.3 is 4.74 Å². The molecule has 1 aromatic heterocycles. The van der Waals surface area contributed by atoms with Crippen molar-refractivity contribution in [2.75, 3.05) is 0 Å². The molecular weight excluding hydrogens is 316 g/mol. The molecule has 134 valence electrons. The molecular formula is C19H32N2O2Si. The van der Waals surface area contributed by atoms with E-state index < -0.39 is 19.8 Å². The first kappa shape index (κ1) is 20.5. The first-order chi connectivity index (χ1) is 10.9. The van der Waals surface area contributed by atoms with Crippen molar-refractivity contribution >= 4 is 14.2 Å². The van der Waals surface area contributed by atoms with Gasteiger partial charge in [0.05, 0.1) is 0 Å². The molecule has 0 spiro atoms. The van der Waals surface area contributed by atoms with Crippen molar-refractivity contribution < 1.29 is 9.53 Å². The van der Waals surface area contributed by atoms with Gasteiger partial charge in [0.25, 0.3) is 0 Å². The molecule has 0 aliphatic carbocycles. The van der Waals surface area contributed by atoms with Crippen LogP contribution < -0.4 is 0 Å². The lowest BCUT2D eigenvalue weighted by Crippen LogP contribution is -2.43. The molecule has 0 aliphatic rings. The zero-order chi connectivity index (χ0) is 18.7. The highest BCUT2D eigenvalue weighted by Crippen LogP contribution is 2.40. The van der Waals surface area contributed by atoms with Gasteiger partial charge in [0.15, 0.2) is 0 Å². The number of hydrogen-bond acceptors (Lipinski definition) is 3. The van der Waals surface area contributed by atoms with Crippen LogP contribution in [0.15, 0.2) is 12.3 Å². The Morgan fingerprint density at radius 1 is 1.12 bits per heavy atom. The quantitative estimate of drug-likeness (QED) is 0.554. The normalized spacial score (nSPS) is 12.5. The fourth-order valence-electron chi connectivity index (χ4n) is 3.41. The van der Waals surface area contributed by atoms with E-state index in [1.54, 1.807) is 12.3 Å². The summed E-state index contributed by atoms with van der Waals surface area (Å²) in [6.45, 7) is 19.2. The van der Waals surface area contributed by atoms with Crippen LogP contribution in [0.3, 0.4) is 0 Å². The average molecular weight is 349 g/mol. The molecule has 0 saturated heterocycles. The molecule has 0 unspecified atom stereocenters. The zero-order valence-electron chi connectivity index (χ0n) is 16.6. The molecule has 24 heavy (non-hydrogen) atoms. The Morgan fingerprint density at radius 3 is 2.04 bits per heavy atom. The highest BCUT2D eigenvalue weighted by atomic mass is 28.3. The largest absolute Gasteiger partial charge is 0.442 e. The monoisotopic (exact) mass is 348 g/mol. The molecule has 1 rings (SSSR count).